The highest BCUT2D eigenvalue weighted by molar-refractivity contribution is 6.33. The maximum Gasteiger partial charge on any atom is 0.305 e. The molecule has 0 bridgehead atoms. The van der Waals surface area contributed by atoms with Gasteiger partial charge in [-0.1, -0.05) is 23.7 Å². The van der Waals surface area contributed by atoms with Gasteiger partial charge in [-0.15, -0.1) is 0 Å². The smallest absolute Gasteiger partial charge is 0.305 e. The third kappa shape index (κ3) is 3.27. The molecule has 3 N–H and O–H groups in total. The summed E-state index contributed by atoms with van der Waals surface area (Å²) < 4.78 is 0. The van der Waals surface area contributed by atoms with Crippen LogP contribution in [0.4, 0.5) is 0 Å². The van der Waals surface area contributed by atoms with Crippen molar-refractivity contribution in [2.45, 2.75) is 12.5 Å². The molecule has 98 valence electrons. The van der Waals surface area contributed by atoms with Crippen molar-refractivity contribution < 1.29 is 9.90 Å². The molecule has 1 aromatic heterocycles. The Hall–Kier alpha value is -1.98. The van der Waals surface area contributed by atoms with Gasteiger partial charge in [0.2, 0.25) is 0 Å². The first-order valence-corrected chi connectivity index (χ1v) is 6.00. The molecule has 5 nitrogen and oxygen atoms in total. The van der Waals surface area contributed by atoms with Gasteiger partial charge in [-0.2, -0.15) is 0 Å². The molecule has 0 aliphatic carbocycles. The molecule has 0 saturated carbocycles. The van der Waals surface area contributed by atoms with Crippen LogP contribution < -0.4 is 5.73 Å². The van der Waals surface area contributed by atoms with E-state index in [1.807, 2.05) is 18.2 Å². The average molecular weight is 278 g/mol. The summed E-state index contributed by atoms with van der Waals surface area (Å²) in [7, 11) is 0. The van der Waals surface area contributed by atoms with Crippen LogP contribution in [0.5, 0.6) is 0 Å². The Labute approximate surface area is 115 Å². The first-order valence-electron chi connectivity index (χ1n) is 5.62. The second kappa shape index (κ2) is 5.77. The van der Waals surface area contributed by atoms with Crippen LogP contribution in [0.3, 0.4) is 0 Å². The molecule has 2 aromatic rings. The summed E-state index contributed by atoms with van der Waals surface area (Å²) in [5.41, 5.74) is 7.03. The van der Waals surface area contributed by atoms with Crippen LogP contribution in [0.2, 0.25) is 5.02 Å². The van der Waals surface area contributed by atoms with E-state index < -0.39 is 12.0 Å². The molecule has 1 atom stereocenters. The number of carboxylic acids is 1. The molecule has 0 radical (unpaired) electrons. The van der Waals surface area contributed by atoms with Crippen LogP contribution in [0.1, 0.15) is 18.0 Å². The molecule has 0 aliphatic rings. The van der Waals surface area contributed by atoms with Gasteiger partial charge in [0.05, 0.1) is 11.4 Å². The molecular formula is C13H12ClN3O2. The fraction of sp³-hybridized carbons (Fsp3) is 0.154. The first kappa shape index (κ1) is 13.5. The van der Waals surface area contributed by atoms with Gasteiger partial charge in [-0.05, 0) is 12.1 Å². The van der Waals surface area contributed by atoms with Crippen LogP contribution in [0.15, 0.2) is 36.7 Å². The molecule has 0 saturated heterocycles. The number of hydrogen-bond donors (Lipinski definition) is 2. The molecule has 0 amide bonds. The number of halogens is 1. The van der Waals surface area contributed by atoms with E-state index in [0.29, 0.717) is 16.4 Å². The lowest BCUT2D eigenvalue weighted by atomic mass is 10.1. The van der Waals surface area contributed by atoms with Crippen molar-refractivity contribution in [3.63, 3.8) is 0 Å². The highest BCUT2D eigenvalue weighted by Gasteiger charge is 2.12. The summed E-state index contributed by atoms with van der Waals surface area (Å²) >= 11 is 6.05. The Morgan fingerprint density at radius 2 is 1.95 bits per heavy atom. The fourth-order valence-corrected chi connectivity index (χ4v) is 1.84. The van der Waals surface area contributed by atoms with Gasteiger partial charge in [0.1, 0.15) is 0 Å². The minimum Gasteiger partial charge on any atom is -0.481 e. The number of aliphatic carboxylic acids is 1. The van der Waals surface area contributed by atoms with Crippen molar-refractivity contribution in [1.29, 1.82) is 0 Å². The molecule has 0 fully saturated rings. The zero-order valence-corrected chi connectivity index (χ0v) is 10.7. The molecule has 0 spiro atoms. The Morgan fingerprint density at radius 3 is 2.53 bits per heavy atom. The van der Waals surface area contributed by atoms with E-state index in [2.05, 4.69) is 9.97 Å². The molecule has 0 aliphatic heterocycles. The third-order valence-corrected chi connectivity index (χ3v) is 2.94. The fourth-order valence-electron chi connectivity index (χ4n) is 1.62. The number of carbonyl (C=O) groups is 1. The second-order valence-electron chi connectivity index (χ2n) is 4.02. The van der Waals surface area contributed by atoms with E-state index in [4.69, 9.17) is 22.4 Å². The number of hydrogen-bond acceptors (Lipinski definition) is 4. The predicted molar refractivity (Wildman–Crippen MR) is 71.7 cm³/mol. The number of aromatic nitrogens is 2. The monoisotopic (exact) mass is 277 g/mol. The lowest BCUT2D eigenvalue weighted by Crippen LogP contribution is -2.15. The van der Waals surface area contributed by atoms with Gasteiger partial charge < -0.3 is 10.8 Å². The van der Waals surface area contributed by atoms with Crippen molar-refractivity contribution >= 4 is 17.6 Å². The van der Waals surface area contributed by atoms with Crippen molar-refractivity contribution in [3.05, 3.63) is 47.2 Å². The second-order valence-corrected chi connectivity index (χ2v) is 4.43. The molecule has 1 heterocycles. The van der Waals surface area contributed by atoms with Crippen molar-refractivity contribution in [2.75, 3.05) is 0 Å². The van der Waals surface area contributed by atoms with Crippen molar-refractivity contribution in [3.8, 4) is 11.4 Å². The lowest BCUT2D eigenvalue weighted by Gasteiger charge is -2.09. The first-order chi connectivity index (χ1) is 9.08. The van der Waals surface area contributed by atoms with Crippen LogP contribution in [0, 0.1) is 0 Å². The summed E-state index contributed by atoms with van der Waals surface area (Å²) in [6, 6.07) is 6.62. The average Bonchev–Trinajstić information content (AvgIpc) is 2.39. The Bertz CT molecular complexity index is 587. The van der Waals surface area contributed by atoms with E-state index in [-0.39, 0.29) is 6.42 Å². The highest BCUT2D eigenvalue weighted by atomic mass is 35.5. The van der Waals surface area contributed by atoms with E-state index in [1.54, 1.807) is 6.07 Å². The number of nitrogens with zero attached hydrogens (tertiary/aromatic N) is 2. The van der Waals surface area contributed by atoms with Gasteiger partial charge >= 0.3 is 5.97 Å². The largest absolute Gasteiger partial charge is 0.481 e. The van der Waals surface area contributed by atoms with E-state index >= 15 is 0 Å². The van der Waals surface area contributed by atoms with Gasteiger partial charge in [0.15, 0.2) is 5.82 Å². The Morgan fingerprint density at radius 1 is 1.32 bits per heavy atom. The molecule has 19 heavy (non-hydrogen) atoms. The SMILES string of the molecule is NC(CC(=O)O)c1cnc(-c2ccccc2Cl)nc1. The lowest BCUT2D eigenvalue weighted by molar-refractivity contribution is -0.137. The maximum absolute atomic E-state index is 10.6. The third-order valence-electron chi connectivity index (χ3n) is 2.61. The number of nitrogens with two attached hydrogens (primary N) is 1. The van der Waals surface area contributed by atoms with Crippen LogP contribution in [-0.4, -0.2) is 21.0 Å². The zero-order chi connectivity index (χ0) is 13.8. The number of carboxylic acid groups (broad SMARTS) is 1. The zero-order valence-electron chi connectivity index (χ0n) is 9.95. The standard InChI is InChI=1S/C13H12ClN3O2/c14-10-4-2-1-3-9(10)13-16-6-8(7-17-13)11(15)5-12(18)19/h1-4,6-7,11H,5,15H2,(H,18,19). The quantitative estimate of drug-likeness (QED) is 0.895. The number of benzene rings is 1. The summed E-state index contributed by atoms with van der Waals surface area (Å²) in [6.07, 6.45) is 2.90. The number of rotatable bonds is 4. The van der Waals surface area contributed by atoms with E-state index in [1.165, 1.54) is 12.4 Å². The molecule has 6 heteroatoms. The molecule has 2 rings (SSSR count). The minimum atomic E-state index is -0.956. The van der Waals surface area contributed by atoms with Crippen LogP contribution in [-0.2, 0) is 4.79 Å². The minimum absolute atomic E-state index is 0.158. The van der Waals surface area contributed by atoms with Crippen LogP contribution >= 0.6 is 11.6 Å². The summed E-state index contributed by atoms with van der Waals surface area (Å²) in [5, 5.41) is 9.24. The van der Waals surface area contributed by atoms with Crippen LogP contribution in [0.25, 0.3) is 11.4 Å². The summed E-state index contributed by atoms with van der Waals surface area (Å²) in [5.74, 6) is -0.473. The predicted octanol–water partition coefficient (Wildman–Crippen LogP) is 2.27. The van der Waals surface area contributed by atoms with Crippen molar-refractivity contribution in [2.24, 2.45) is 5.73 Å². The summed E-state index contributed by atoms with van der Waals surface area (Å²) in [6.45, 7) is 0. The van der Waals surface area contributed by atoms with E-state index in [0.717, 1.165) is 5.56 Å². The van der Waals surface area contributed by atoms with Gasteiger partial charge in [-0.3, -0.25) is 4.79 Å². The highest BCUT2D eigenvalue weighted by Crippen LogP contribution is 2.24. The van der Waals surface area contributed by atoms with Gasteiger partial charge in [0, 0.05) is 29.6 Å². The van der Waals surface area contributed by atoms with Gasteiger partial charge in [0.25, 0.3) is 0 Å². The molecule has 1 unspecified atom stereocenters. The maximum atomic E-state index is 10.6. The topological polar surface area (TPSA) is 89.1 Å². The Kier molecular flexibility index (Phi) is 4.09. The normalized spacial score (nSPS) is 12.1. The Balaban J connectivity index is 2.24. The molecular weight excluding hydrogens is 266 g/mol. The molecule has 1 aromatic carbocycles. The van der Waals surface area contributed by atoms with E-state index in [9.17, 15) is 4.79 Å². The summed E-state index contributed by atoms with van der Waals surface area (Å²) in [4.78, 5) is 18.9. The van der Waals surface area contributed by atoms with Crippen molar-refractivity contribution in [1.82, 2.24) is 9.97 Å². The van der Waals surface area contributed by atoms with Gasteiger partial charge in [-0.25, -0.2) is 9.97 Å².